The molecular weight excluding hydrogens is 813 g/mol. The number of carboxylic acids is 1. The number of hydrogen-bond donors (Lipinski definition) is 5. The first kappa shape index (κ1) is 43.8. The van der Waals surface area contributed by atoms with Gasteiger partial charge in [0.2, 0.25) is 0 Å². The topological polar surface area (TPSA) is 177 Å². The van der Waals surface area contributed by atoms with Crippen molar-refractivity contribution in [2.24, 2.45) is 45.3 Å². The van der Waals surface area contributed by atoms with Crippen LogP contribution < -0.4 is 9.47 Å². The van der Waals surface area contributed by atoms with Gasteiger partial charge in [0.1, 0.15) is 40.2 Å². The monoisotopic (exact) mass is 883 g/mol. The van der Waals surface area contributed by atoms with Gasteiger partial charge in [-0.05, 0) is 117 Å². The van der Waals surface area contributed by atoms with Gasteiger partial charge in [-0.25, -0.2) is 4.79 Å². The number of hydrogen-bond acceptors (Lipinski definition) is 9. The summed E-state index contributed by atoms with van der Waals surface area (Å²) in [7, 11) is 0. The van der Waals surface area contributed by atoms with Crippen LogP contribution in [0.1, 0.15) is 169 Å². The predicted octanol–water partition coefficient (Wildman–Crippen LogP) is 8.15. The number of aliphatic hydroxyl groups is 2. The van der Waals surface area contributed by atoms with Gasteiger partial charge in [0.15, 0.2) is 0 Å². The van der Waals surface area contributed by atoms with Gasteiger partial charge in [-0.2, -0.15) is 0 Å². The average molecular weight is 883 g/mol. The molecule has 0 aromatic heterocycles. The van der Waals surface area contributed by atoms with Crippen molar-refractivity contribution in [1.82, 2.24) is 9.80 Å². The molecule has 8 aliphatic rings. The first-order chi connectivity index (χ1) is 30.0. The molecule has 5 N–H and O–H groups in total. The van der Waals surface area contributed by atoms with Crippen molar-refractivity contribution >= 4 is 17.8 Å². The normalized spacial score (nSPS) is 38.0. The van der Waals surface area contributed by atoms with Crippen LogP contribution in [0.2, 0.25) is 0 Å². The average Bonchev–Trinajstić information content (AvgIpc) is 4.00. The molecule has 2 amide bonds. The molecule has 12 heteroatoms. The largest absolute Gasteiger partial charge is 0.508 e. The van der Waals surface area contributed by atoms with Crippen LogP contribution in [0.4, 0.5) is 0 Å². The molecule has 10 rings (SSSR count). The number of carboxylic acid groups (broad SMARTS) is 1. The van der Waals surface area contributed by atoms with Crippen LogP contribution in [0.25, 0.3) is 0 Å². The Labute approximate surface area is 377 Å². The lowest BCUT2D eigenvalue weighted by molar-refractivity contribution is -0.210. The molecule has 0 saturated heterocycles. The Morgan fingerprint density at radius 2 is 1.16 bits per heavy atom. The van der Waals surface area contributed by atoms with Gasteiger partial charge in [0, 0.05) is 52.5 Å². The number of benzene rings is 2. The fourth-order valence-corrected chi connectivity index (χ4v) is 16.1. The third-order valence-electron chi connectivity index (χ3n) is 20.1. The minimum absolute atomic E-state index is 0.000884. The number of fused-ring (bicyclic) bond motifs is 10. The highest BCUT2D eigenvalue weighted by Gasteiger charge is 2.69. The van der Waals surface area contributed by atoms with Crippen LogP contribution in [-0.2, 0) is 30.7 Å². The molecule has 4 aliphatic carbocycles. The molecule has 4 saturated carbocycles. The first-order valence-electron chi connectivity index (χ1n) is 24.4. The molecule has 0 radical (unpaired) electrons. The number of phenolic OH excluding ortho intramolecular Hbond substituents is 2. The van der Waals surface area contributed by atoms with Gasteiger partial charge < -0.3 is 44.8 Å². The minimum Gasteiger partial charge on any atom is -0.508 e. The molecular formula is C52H70N2O10. The quantitative estimate of drug-likeness (QED) is 0.171. The summed E-state index contributed by atoms with van der Waals surface area (Å²) in [6, 6.07) is 1.99. The number of ether oxygens (including phenoxy) is 2. The zero-order valence-corrected chi connectivity index (χ0v) is 39.2. The van der Waals surface area contributed by atoms with E-state index in [-0.39, 0.29) is 87.4 Å². The Hall–Kier alpha value is -4.03. The van der Waals surface area contributed by atoms with Gasteiger partial charge in [-0.1, -0.05) is 55.4 Å². The maximum absolute atomic E-state index is 14.1. The molecule has 2 aromatic carbocycles. The Kier molecular flexibility index (Phi) is 9.75. The number of aliphatic carboxylic acids is 1. The Balaban J connectivity index is 0.831. The van der Waals surface area contributed by atoms with E-state index in [1.54, 1.807) is 11.0 Å². The number of unbranched alkanes of at least 4 members (excludes halogenated alkanes) is 1. The van der Waals surface area contributed by atoms with E-state index in [0.29, 0.717) is 79.8 Å². The number of rotatable bonds is 7. The van der Waals surface area contributed by atoms with E-state index in [2.05, 4.69) is 55.4 Å². The minimum atomic E-state index is -1.12. The van der Waals surface area contributed by atoms with Gasteiger partial charge in [0.05, 0.1) is 36.4 Å². The lowest BCUT2D eigenvalue weighted by Gasteiger charge is -2.64. The predicted molar refractivity (Wildman–Crippen MR) is 238 cm³/mol. The number of aliphatic hydroxyl groups excluding tert-OH is 2. The fourth-order valence-electron chi connectivity index (χ4n) is 16.1. The summed E-state index contributed by atoms with van der Waals surface area (Å²) >= 11 is 0. The fraction of sp³-hybridized carbons (Fsp3) is 0.712. The second-order valence-electron chi connectivity index (χ2n) is 23.5. The summed E-state index contributed by atoms with van der Waals surface area (Å²) in [6.45, 7) is 18.5. The third kappa shape index (κ3) is 5.62. The molecule has 2 spiro atoms. The standard InChI is InChI=1S/C52H70N2O10/c1-27-12-14-38-47(3,4)40(57)16-18-49(38,7)51(27)23-31-36(55)21-29-33(42(31)63-51)25-53(44(29)59)20-10-9-11-35(46(61)62)54-26-34-30(45(54)60)22-37(56)32-24-52(64-43(32)34)28(2)13-15-39-48(5,6)41(58)17-19-50(39,52)8/h21-22,27-28,35,38-41,55-58H,9-20,23-26H2,1-8H3,(H,61,62)/t27-,28-,35+,38-,39-,40-,41-,49+,50+,51-,52-/m1/s1. The maximum Gasteiger partial charge on any atom is 0.326 e. The van der Waals surface area contributed by atoms with Crippen molar-refractivity contribution in [3.8, 4) is 23.0 Å². The summed E-state index contributed by atoms with van der Waals surface area (Å²) in [6.07, 6.45) is 8.21. The molecule has 0 unspecified atom stereocenters. The highest BCUT2D eigenvalue weighted by Crippen LogP contribution is 2.69. The van der Waals surface area contributed by atoms with Crippen LogP contribution in [0.5, 0.6) is 23.0 Å². The van der Waals surface area contributed by atoms with E-state index >= 15 is 0 Å². The third-order valence-corrected chi connectivity index (χ3v) is 20.1. The number of carbonyl (C=O) groups excluding carboxylic acids is 2. The molecule has 4 aliphatic heterocycles. The van der Waals surface area contributed by atoms with E-state index in [0.717, 1.165) is 49.7 Å². The number of amides is 2. The molecule has 2 aromatic rings. The zero-order chi connectivity index (χ0) is 45.8. The van der Waals surface area contributed by atoms with E-state index in [1.165, 1.54) is 11.0 Å². The first-order valence-corrected chi connectivity index (χ1v) is 24.4. The summed E-state index contributed by atoms with van der Waals surface area (Å²) < 4.78 is 14.4. The van der Waals surface area contributed by atoms with Gasteiger partial charge in [-0.3, -0.25) is 9.59 Å². The highest BCUT2D eigenvalue weighted by molar-refractivity contribution is 6.02. The van der Waals surface area contributed by atoms with E-state index in [1.807, 2.05) is 0 Å². The van der Waals surface area contributed by atoms with Crippen LogP contribution in [0.15, 0.2) is 12.1 Å². The van der Waals surface area contributed by atoms with Gasteiger partial charge in [-0.15, -0.1) is 0 Å². The highest BCUT2D eigenvalue weighted by atomic mass is 16.5. The molecule has 64 heavy (non-hydrogen) atoms. The summed E-state index contributed by atoms with van der Waals surface area (Å²) in [5, 5.41) is 55.7. The summed E-state index contributed by atoms with van der Waals surface area (Å²) in [5.74, 6) is 0.284. The van der Waals surface area contributed by atoms with Crippen molar-refractivity contribution in [3.05, 3.63) is 45.5 Å². The summed E-state index contributed by atoms with van der Waals surface area (Å²) in [5.41, 5.74) is 1.24. The van der Waals surface area contributed by atoms with Crippen LogP contribution in [0, 0.1) is 45.3 Å². The van der Waals surface area contributed by atoms with Crippen molar-refractivity contribution in [2.75, 3.05) is 6.54 Å². The van der Waals surface area contributed by atoms with Gasteiger partial charge in [0.25, 0.3) is 11.8 Å². The lowest BCUT2D eigenvalue weighted by Crippen LogP contribution is -2.66. The van der Waals surface area contributed by atoms with E-state index in [4.69, 9.17) is 9.47 Å². The molecule has 4 fully saturated rings. The lowest BCUT2D eigenvalue weighted by atomic mass is 9.43. The van der Waals surface area contributed by atoms with Crippen molar-refractivity contribution in [2.45, 2.75) is 181 Å². The number of aromatic hydroxyl groups is 2. The molecule has 11 atom stereocenters. The van der Waals surface area contributed by atoms with Crippen LogP contribution >= 0.6 is 0 Å². The molecule has 4 heterocycles. The maximum atomic E-state index is 14.1. The van der Waals surface area contributed by atoms with E-state index in [9.17, 15) is 39.9 Å². The second kappa shape index (κ2) is 14.2. The Bertz CT molecular complexity index is 2340. The Morgan fingerprint density at radius 1 is 0.688 bits per heavy atom. The van der Waals surface area contributed by atoms with Crippen molar-refractivity contribution in [1.29, 1.82) is 0 Å². The van der Waals surface area contributed by atoms with Crippen molar-refractivity contribution < 1.29 is 49.4 Å². The second-order valence-corrected chi connectivity index (χ2v) is 23.5. The number of nitrogens with zero attached hydrogens (tertiary/aromatic N) is 2. The molecule has 0 bridgehead atoms. The van der Waals surface area contributed by atoms with Crippen molar-refractivity contribution in [3.63, 3.8) is 0 Å². The number of phenols is 2. The number of carbonyl (C=O) groups is 3. The molecule has 12 nitrogen and oxygen atoms in total. The molecule has 348 valence electrons. The summed E-state index contributed by atoms with van der Waals surface area (Å²) in [4.78, 5) is 44.2. The SMILES string of the molecule is C[C@@H]1CC[C@@H]2C(C)(C)[C@H](O)CC[C@]2(C)[C@@]12Cc1c(O)cc3c(c1O2)CN(CCCC[C@@H](C(=O)O)N1Cc2c(cc(O)c4c2O[C@]2(C4)[C@H](C)CC[C@@H]4C(C)(C)[C@H](O)CC[C@@]42C)C1=O)C3=O. The van der Waals surface area contributed by atoms with Gasteiger partial charge >= 0.3 is 5.97 Å². The van der Waals surface area contributed by atoms with Crippen LogP contribution in [-0.4, -0.2) is 89.1 Å². The smallest absolute Gasteiger partial charge is 0.326 e. The zero-order valence-electron chi connectivity index (χ0n) is 39.2. The van der Waals surface area contributed by atoms with E-state index < -0.39 is 35.2 Å². The Morgan fingerprint density at radius 3 is 1.64 bits per heavy atom. The van der Waals surface area contributed by atoms with Crippen LogP contribution in [0.3, 0.4) is 0 Å².